The molecule has 2 saturated heterocycles. The number of piperidine rings is 1. The van der Waals surface area contributed by atoms with Gasteiger partial charge in [0.05, 0.1) is 0 Å². The normalized spacial score (nSPS) is 26.4. The Morgan fingerprint density at radius 3 is 2.59 bits per heavy atom. The highest BCUT2D eigenvalue weighted by atomic mass is 16.2. The van der Waals surface area contributed by atoms with Crippen molar-refractivity contribution in [3.63, 3.8) is 0 Å². The Hall–Kier alpha value is -2.25. The lowest BCUT2D eigenvalue weighted by Crippen LogP contribution is -2.56. The zero-order chi connectivity index (χ0) is 20.0. The Bertz CT molecular complexity index is 854. The number of hydrogen-bond acceptors (Lipinski definition) is 5. The number of rotatable bonds is 4. The number of nitrogens with one attached hydrogen (secondary N) is 3. The lowest BCUT2D eigenvalue weighted by Gasteiger charge is -2.47. The summed E-state index contributed by atoms with van der Waals surface area (Å²) in [6.07, 6.45) is 5.60. The van der Waals surface area contributed by atoms with Crippen molar-refractivity contribution in [2.24, 2.45) is 5.41 Å². The van der Waals surface area contributed by atoms with Gasteiger partial charge in [-0.05, 0) is 48.6 Å². The molecule has 3 aliphatic heterocycles. The SMILES string of the molecule is O=C1CCC(N2Cc3cccc(CNC4CCC5(CC4)CNC5)c3C2=O)C(=O)N1. The number of hydrogen-bond donors (Lipinski definition) is 3. The van der Waals surface area contributed by atoms with Crippen LogP contribution in [-0.2, 0) is 22.7 Å². The van der Waals surface area contributed by atoms with Crippen LogP contribution in [0.2, 0.25) is 0 Å². The van der Waals surface area contributed by atoms with E-state index in [1.807, 2.05) is 18.2 Å². The first-order chi connectivity index (χ1) is 14.0. The molecular formula is C22H28N4O3. The highest BCUT2D eigenvalue weighted by Crippen LogP contribution is 2.39. The van der Waals surface area contributed by atoms with Crippen molar-refractivity contribution in [2.45, 2.75) is 63.7 Å². The summed E-state index contributed by atoms with van der Waals surface area (Å²) in [6.45, 7) is 3.44. The summed E-state index contributed by atoms with van der Waals surface area (Å²) in [5.74, 6) is -0.703. The molecule has 1 aromatic rings. The Labute approximate surface area is 170 Å². The molecule has 0 radical (unpaired) electrons. The van der Waals surface area contributed by atoms with Crippen molar-refractivity contribution in [1.29, 1.82) is 0 Å². The molecular weight excluding hydrogens is 368 g/mol. The quantitative estimate of drug-likeness (QED) is 0.663. The third kappa shape index (κ3) is 3.36. The minimum Gasteiger partial charge on any atom is -0.322 e. The molecule has 7 heteroatoms. The van der Waals surface area contributed by atoms with Crippen LogP contribution in [0.1, 0.15) is 60.0 Å². The topological polar surface area (TPSA) is 90.5 Å². The summed E-state index contributed by atoms with van der Waals surface area (Å²) < 4.78 is 0. The van der Waals surface area contributed by atoms with E-state index < -0.39 is 6.04 Å². The minimum absolute atomic E-state index is 0.0879. The van der Waals surface area contributed by atoms with Gasteiger partial charge in [0.2, 0.25) is 11.8 Å². The average molecular weight is 396 g/mol. The maximum Gasteiger partial charge on any atom is 0.255 e. The predicted octanol–water partition coefficient (Wildman–Crippen LogP) is 1.07. The molecule has 3 fully saturated rings. The molecule has 0 bridgehead atoms. The van der Waals surface area contributed by atoms with E-state index in [1.165, 1.54) is 25.7 Å². The molecule has 7 nitrogen and oxygen atoms in total. The van der Waals surface area contributed by atoms with Gasteiger partial charge >= 0.3 is 0 Å². The number of benzene rings is 1. The van der Waals surface area contributed by atoms with Crippen molar-refractivity contribution in [2.75, 3.05) is 13.1 Å². The van der Waals surface area contributed by atoms with Crippen molar-refractivity contribution in [3.05, 3.63) is 34.9 Å². The van der Waals surface area contributed by atoms with Gasteiger partial charge in [-0.3, -0.25) is 19.7 Å². The van der Waals surface area contributed by atoms with Gasteiger partial charge in [0.25, 0.3) is 5.91 Å². The monoisotopic (exact) mass is 396 g/mol. The highest BCUT2D eigenvalue weighted by Gasteiger charge is 2.41. The first-order valence-electron chi connectivity index (χ1n) is 10.7. The van der Waals surface area contributed by atoms with E-state index in [2.05, 4.69) is 16.0 Å². The molecule has 4 aliphatic rings. The predicted molar refractivity (Wildman–Crippen MR) is 107 cm³/mol. The number of amides is 3. The van der Waals surface area contributed by atoms with Crippen molar-refractivity contribution in [1.82, 2.24) is 20.9 Å². The molecule has 3 heterocycles. The summed E-state index contributed by atoms with van der Waals surface area (Å²) in [5.41, 5.74) is 3.26. The Morgan fingerprint density at radius 2 is 1.90 bits per heavy atom. The standard InChI is InChI=1S/C22H28N4O3/c27-18-5-4-17(20(28)25-18)26-11-15-3-1-2-14(19(15)21(26)29)10-24-16-6-8-22(9-7-16)12-23-13-22/h1-3,16-17,23-24H,4-13H2,(H,25,27,28). The molecule has 29 heavy (non-hydrogen) atoms. The fourth-order valence-corrected chi connectivity index (χ4v) is 5.36. The van der Waals surface area contributed by atoms with E-state index in [0.29, 0.717) is 31.0 Å². The highest BCUT2D eigenvalue weighted by molar-refractivity contribution is 6.05. The van der Waals surface area contributed by atoms with Crippen molar-refractivity contribution < 1.29 is 14.4 Å². The molecule has 5 rings (SSSR count). The lowest BCUT2D eigenvalue weighted by molar-refractivity contribution is -0.136. The first kappa shape index (κ1) is 18.8. The lowest BCUT2D eigenvalue weighted by atomic mass is 9.68. The van der Waals surface area contributed by atoms with Gasteiger partial charge in [-0.15, -0.1) is 0 Å². The number of carbonyl (C=O) groups excluding carboxylic acids is 3. The van der Waals surface area contributed by atoms with Crippen LogP contribution in [0, 0.1) is 5.41 Å². The summed E-state index contributed by atoms with van der Waals surface area (Å²) in [4.78, 5) is 38.5. The van der Waals surface area contributed by atoms with Crippen molar-refractivity contribution >= 4 is 17.7 Å². The molecule has 1 spiro atoms. The summed E-state index contributed by atoms with van der Waals surface area (Å²) >= 11 is 0. The van der Waals surface area contributed by atoms with Gasteiger partial charge in [0, 0.05) is 44.2 Å². The second-order valence-electron chi connectivity index (χ2n) is 9.11. The Morgan fingerprint density at radius 1 is 1.10 bits per heavy atom. The van der Waals surface area contributed by atoms with Gasteiger partial charge in [-0.1, -0.05) is 18.2 Å². The van der Waals surface area contributed by atoms with Gasteiger partial charge in [0.15, 0.2) is 0 Å². The summed E-state index contributed by atoms with van der Waals surface area (Å²) in [5, 5.41) is 9.44. The maximum atomic E-state index is 13.2. The van der Waals surface area contributed by atoms with E-state index in [1.54, 1.807) is 4.90 Å². The molecule has 1 unspecified atom stereocenters. The van der Waals surface area contributed by atoms with Gasteiger partial charge < -0.3 is 15.5 Å². The van der Waals surface area contributed by atoms with E-state index in [9.17, 15) is 14.4 Å². The number of fused-ring (bicyclic) bond motifs is 1. The smallest absolute Gasteiger partial charge is 0.255 e. The first-order valence-corrected chi connectivity index (χ1v) is 10.7. The van der Waals surface area contributed by atoms with Crippen LogP contribution < -0.4 is 16.0 Å². The third-order valence-corrected chi connectivity index (χ3v) is 7.27. The summed E-state index contributed by atoms with van der Waals surface area (Å²) in [7, 11) is 0. The van der Waals surface area contributed by atoms with E-state index in [-0.39, 0.29) is 24.1 Å². The fraction of sp³-hybridized carbons (Fsp3) is 0.591. The van der Waals surface area contributed by atoms with Gasteiger partial charge in [-0.25, -0.2) is 0 Å². The van der Waals surface area contributed by atoms with Gasteiger partial charge in [0.1, 0.15) is 6.04 Å². The number of nitrogens with zero attached hydrogens (tertiary/aromatic N) is 1. The van der Waals surface area contributed by atoms with Gasteiger partial charge in [-0.2, -0.15) is 0 Å². The van der Waals surface area contributed by atoms with Crippen LogP contribution in [0.15, 0.2) is 18.2 Å². The maximum absolute atomic E-state index is 13.2. The molecule has 1 aliphatic carbocycles. The zero-order valence-corrected chi connectivity index (χ0v) is 16.6. The molecule has 3 amide bonds. The van der Waals surface area contributed by atoms with Crippen LogP contribution in [0.3, 0.4) is 0 Å². The van der Waals surface area contributed by atoms with Crippen LogP contribution in [0.5, 0.6) is 0 Å². The molecule has 0 aromatic heterocycles. The van der Waals surface area contributed by atoms with Crippen LogP contribution >= 0.6 is 0 Å². The van der Waals surface area contributed by atoms with E-state index >= 15 is 0 Å². The molecule has 1 saturated carbocycles. The number of imide groups is 1. The fourth-order valence-electron chi connectivity index (χ4n) is 5.36. The van der Waals surface area contributed by atoms with Crippen molar-refractivity contribution in [3.8, 4) is 0 Å². The third-order valence-electron chi connectivity index (χ3n) is 7.27. The molecule has 1 atom stereocenters. The minimum atomic E-state index is -0.556. The largest absolute Gasteiger partial charge is 0.322 e. The Kier molecular flexibility index (Phi) is 4.67. The Balaban J connectivity index is 1.25. The second-order valence-corrected chi connectivity index (χ2v) is 9.11. The zero-order valence-electron chi connectivity index (χ0n) is 16.6. The average Bonchev–Trinajstić information content (AvgIpc) is 3.03. The van der Waals surface area contributed by atoms with Crippen LogP contribution in [-0.4, -0.2) is 47.8 Å². The molecule has 3 N–H and O–H groups in total. The van der Waals surface area contributed by atoms with Crippen LogP contribution in [0.4, 0.5) is 0 Å². The van der Waals surface area contributed by atoms with Crippen LogP contribution in [0.25, 0.3) is 0 Å². The summed E-state index contributed by atoms with van der Waals surface area (Å²) in [6, 6.07) is 5.92. The van der Waals surface area contributed by atoms with E-state index in [4.69, 9.17) is 0 Å². The second kappa shape index (κ2) is 7.22. The number of carbonyl (C=O) groups is 3. The van der Waals surface area contributed by atoms with E-state index in [0.717, 1.165) is 29.8 Å². The molecule has 154 valence electrons. The molecule has 1 aromatic carbocycles.